The monoisotopic (exact) mass is 872 g/mol. The summed E-state index contributed by atoms with van der Waals surface area (Å²) in [5, 5.41) is 15.5. The first kappa shape index (κ1) is 47.5. The minimum absolute atomic E-state index is 0.0193. The van der Waals surface area contributed by atoms with Crippen molar-refractivity contribution in [2.24, 2.45) is 0 Å². The molecule has 4 aromatic carbocycles. The van der Waals surface area contributed by atoms with Crippen LogP contribution in [0.2, 0.25) is 5.04 Å². The summed E-state index contributed by atoms with van der Waals surface area (Å²) in [5.41, 5.74) is -0.892. The zero-order chi connectivity index (χ0) is 44.5. The minimum atomic E-state index is -4.11. The van der Waals surface area contributed by atoms with Gasteiger partial charge in [0.1, 0.15) is 17.9 Å². The van der Waals surface area contributed by atoms with E-state index in [-0.39, 0.29) is 55.4 Å². The van der Waals surface area contributed by atoms with Crippen LogP contribution in [0.3, 0.4) is 0 Å². The number of aliphatic hydroxyl groups is 1. The first-order valence-electron chi connectivity index (χ1n) is 21.1. The molecule has 5 rings (SSSR count). The summed E-state index contributed by atoms with van der Waals surface area (Å²) in [6.07, 6.45) is -2.13. The van der Waals surface area contributed by atoms with Gasteiger partial charge >= 0.3 is 12.2 Å². The fraction of sp³-hybridized carbons (Fsp3) is 0.458. The van der Waals surface area contributed by atoms with Crippen LogP contribution in [0, 0.1) is 0 Å². The first-order chi connectivity index (χ1) is 28.7. The fourth-order valence-electron chi connectivity index (χ4n) is 8.15. The minimum Gasteiger partial charge on any atom is -0.445 e. The van der Waals surface area contributed by atoms with E-state index in [0.717, 1.165) is 15.9 Å². The molecule has 13 heteroatoms. The van der Waals surface area contributed by atoms with Crippen LogP contribution in [0.5, 0.6) is 0 Å². The number of benzene rings is 4. The summed E-state index contributed by atoms with van der Waals surface area (Å²) in [7, 11) is -7.19. The van der Waals surface area contributed by atoms with E-state index in [2.05, 4.69) is 50.4 Å². The predicted octanol–water partition coefficient (Wildman–Crippen LogP) is 7.99. The summed E-state index contributed by atoms with van der Waals surface area (Å²) in [5.74, 6) is 0. The van der Waals surface area contributed by atoms with Crippen molar-refractivity contribution in [3.63, 3.8) is 0 Å². The molecule has 330 valence electrons. The van der Waals surface area contributed by atoms with Crippen LogP contribution in [0.4, 0.5) is 9.59 Å². The number of nitrogens with one attached hydrogen (secondary N) is 1. The van der Waals surface area contributed by atoms with Crippen LogP contribution in [-0.4, -0.2) is 86.9 Å². The van der Waals surface area contributed by atoms with E-state index in [1.165, 1.54) is 17.0 Å². The summed E-state index contributed by atoms with van der Waals surface area (Å²) in [4.78, 5) is 28.6. The Morgan fingerprint density at radius 2 is 1.34 bits per heavy atom. The molecule has 61 heavy (non-hydrogen) atoms. The van der Waals surface area contributed by atoms with Crippen LogP contribution >= 0.6 is 0 Å². The molecule has 0 radical (unpaired) electrons. The lowest BCUT2D eigenvalue weighted by Crippen LogP contribution is -2.67. The second-order valence-electron chi connectivity index (χ2n) is 18.3. The molecule has 0 bridgehead atoms. The van der Waals surface area contributed by atoms with Crippen molar-refractivity contribution >= 4 is 40.7 Å². The Bertz CT molecular complexity index is 2070. The number of ether oxygens (including phenoxy) is 3. The van der Waals surface area contributed by atoms with Gasteiger partial charge in [-0.2, -0.15) is 0 Å². The number of alkyl carbamates (subject to hydrolysis) is 1. The van der Waals surface area contributed by atoms with Crippen LogP contribution in [0.15, 0.2) is 126 Å². The van der Waals surface area contributed by atoms with Crippen molar-refractivity contribution in [3.05, 3.63) is 127 Å². The Morgan fingerprint density at radius 1 is 0.820 bits per heavy atom. The molecule has 0 saturated carbocycles. The van der Waals surface area contributed by atoms with E-state index >= 15 is 0 Å². The van der Waals surface area contributed by atoms with Gasteiger partial charge in [0.05, 0.1) is 41.5 Å². The van der Waals surface area contributed by atoms with Crippen molar-refractivity contribution in [2.45, 2.75) is 132 Å². The van der Waals surface area contributed by atoms with E-state index in [1.807, 2.05) is 66.7 Å². The van der Waals surface area contributed by atoms with Crippen LogP contribution in [0.1, 0.15) is 86.6 Å². The second kappa shape index (κ2) is 20.1. The zero-order valence-electron chi connectivity index (χ0n) is 36.9. The number of carbonyl (C=O) groups excluding carboxylic acids is 2. The topological polar surface area (TPSA) is 141 Å². The van der Waals surface area contributed by atoms with Gasteiger partial charge in [0.2, 0.25) is 0 Å². The van der Waals surface area contributed by atoms with Gasteiger partial charge in [-0.15, -0.1) is 0 Å². The van der Waals surface area contributed by atoms with Crippen LogP contribution in [0.25, 0.3) is 0 Å². The SMILES string of the molecule is CC(C)(C)OC(=O)N1[C@@H](CCC(O)C(CC[C@@H](CO[Si](c2ccccc2)(c2ccccc2)C(C)(C)C)NC(=O)OCc2ccccc2)S(=O)(=O)c2ccccc2)COC1(C)C. The van der Waals surface area contributed by atoms with E-state index in [9.17, 15) is 23.1 Å². The quantitative estimate of drug-likeness (QED) is 0.101. The van der Waals surface area contributed by atoms with E-state index in [4.69, 9.17) is 18.6 Å². The number of sulfone groups is 1. The second-order valence-corrected chi connectivity index (χ2v) is 24.7. The van der Waals surface area contributed by atoms with Gasteiger partial charge in [-0.1, -0.05) is 130 Å². The number of hydrogen-bond donors (Lipinski definition) is 2. The van der Waals surface area contributed by atoms with Crippen LogP contribution < -0.4 is 15.7 Å². The Hall–Kier alpha value is -4.53. The number of hydrogen-bond acceptors (Lipinski definition) is 9. The lowest BCUT2D eigenvalue weighted by Gasteiger charge is -2.43. The van der Waals surface area contributed by atoms with Gasteiger partial charge in [0.25, 0.3) is 8.32 Å². The molecule has 0 aliphatic carbocycles. The number of nitrogens with zero attached hydrogens (tertiary/aromatic N) is 1. The summed E-state index contributed by atoms with van der Waals surface area (Å²) >= 11 is 0. The highest BCUT2D eigenvalue weighted by molar-refractivity contribution is 7.92. The van der Waals surface area contributed by atoms with E-state index in [0.29, 0.717) is 0 Å². The molecular weight excluding hydrogens is 809 g/mol. The molecule has 11 nitrogen and oxygen atoms in total. The van der Waals surface area contributed by atoms with Crippen molar-refractivity contribution < 1.29 is 41.7 Å². The molecule has 0 spiro atoms. The van der Waals surface area contributed by atoms with Crippen molar-refractivity contribution in [2.75, 3.05) is 13.2 Å². The standard InChI is InChI=1S/C48H64N2O9SSi/c1-46(2,3)59-45(53)50-38(35-57-48(50,7)8)30-31-42(51)43(60(54,55)39-23-15-10-16-24-39)32-29-37(49-44(52)56-33-36-21-13-9-14-22-36)34-58-61(47(4,5)6,40-25-17-11-18-26-40)41-27-19-12-20-28-41/h9-28,37-38,42-43,51H,29-35H2,1-8H3,(H,49,52)/t37-,38-,42?,43?/m0/s1. The van der Waals surface area contributed by atoms with E-state index in [1.54, 1.807) is 52.8 Å². The predicted molar refractivity (Wildman–Crippen MR) is 241 cm³/mol. The third kappa shape index (κ3) is 12.1. The number of aliphatic hydroxyl groups excluding tert-OH is 1. The smallest absolute Gasteiger partial charge is 0.412 e. The molecule has 2 amide bonds. The highest BCUT2D eigenvalue weighted by Gasteiger charge is 2.51. The normalized spacial score (nSPS) is 17.3. The Labute approximate surface area is 363 Å². The zero-order valence-corrected chi connectivity index (χ0v) is 38.7. The molecule has 0 aromatic heterocycles. The average Bonchev–Trinajstić information content (AvgIpc) is 3.53. The number of rotatable bonds is 17. The highest BCUT2D eigenvalue weighted by Crippen LogP contribution is 2.37. The molecule has 1 heterocycles. The lowest BCUT2D eigenvalue weighted by molar-refractivity contribution is -0.0630. The average molecular weight is 873 g/mol. The Kier molecular flexibility index (Phi) is 15.7. The van der Waals surface area contributed by atoms with Gasteiger partial charge in [0, 0.05) is 0 Å². The Morgan fingerprint density at radius 3 is 1.87 bits per heavy atom. The van der Waals surface area contributed by atoms with Crippen molar-refractivity contribution in [1.29, 1.82) is 0 Å². The fourth-order valence-corrected chi connectivity index (χ4v) is 14.6. The highest BCUT2D eigenvalue weighted by atomic mass is 32.2. The molecule has 4 atom stereocenters. The largest absolute Gasteiger partial charge is 0.445 e. The molecule has 1 fully saturated rings. The van der Waals surface area contributed by atoms with Crippen molar-refractivity contribution in [1.82, 2.24) is 10.2 Å². The maximum Gasteiger partial charge on any atom is 0.412 e. The van der Waals surface area contributed by atoms with Gasteiger partial charge in [-0.3, -0.25) is 4.90 Å². The van der Waals surface area contributed by atoms with Gasteiger partial charge in [-0.05, 0) is 93.4 Å². The van der Waals surface area contributed by atoms with Gasteiger partial charge in [-0.25, -0.2) is 18.0 Å². The molecule has 4 aromatic rings. The molecule has 1 aliphatic heterocycles. The number of amides is 2. The molecule has 2 N–H and O–H groups in total. The summed E-state index contributed by atoms with van der Waals surface area (Å²) < 4.78 is 53.7. The van der Waals surface area contributed by atoms with Crippen LogP contribution in [-0.2, 0) is 35.1 Å². The molecule has 1 aliphatic rings. The maximum absolute atomic E-state index is 14.5. The van der Waals surface area contributed by atoms with E-state index < -0.39 is 65.1 Å². The third-order valence-electron chi connectivity index (χ3n) is 11.1. The summed E-state index contributed by atoms with van der Waals surface area (Å²) in [6, 6.07) is 36.5. The molecular formula is C48H64N2O9SSi. The molecule has 2 unspecified atom stereocenters. The first-order valence-corrected chi connectivity index (χ1v) is 24.6. The molecule has 1 saturated heterocycles. The van der Waals surface area contributed by atoms with Gasteiger partial charge < -0.3 is 29.1 Å². The maximum atomic E-state index is 14.5. The Balaban J connectivity index is 1.45. The third-order valence-corrected chi connectivity index (χ3v) is 18.4. The lowest BCUT2D eigenvalue weighted by atomic mass is 10.0. The van der Waals surface area contributed by atoms with Gasteiger partial charge in [0.15, 0.2) is 9.84 Å². The summed E-state index contributed by atoms with van der Waals surface area (Å²) in [6.45, 7) is 15.7. The number of carbonyl (C=O) groups is 2. The van der Waals surface area contributed by atoms with Crippen molar-refractivity contribution in [3.8, 4) is 0 Å².